The number of ether oxygens (including phenoxy) is 1. The van der Waals surface area contributed by atoms with Crippen molar-refractivity contribution in [1.82, 2.24) is 4.72 Å². The monoisotopic (exact) mass is 351 g/mol. The van der Waals surface area contributed by atoms with Gasteiger partial charge < -0.3 is 9.84 Å². The second-order valence-corrected chi connectivity index (χ2v) is 6.29. The van der Waals surface area contributed by atoms with Crippen LogP contribution >= 0.6 is 15.9 Å². The quantitative estimate of drug-likeness (QED) is 0.811. The minimum Gasteiger partial charge on any atom is -0.496 e. The Hall–Kier alpha value is -1.12. The fraction of sp³-hybridized carbons (Fsp3) is 0.364. The molecule has 19 heavy (non-hydrogen) atoms. The van der Waals surface area contributed by atoms with Crippen molar-refractivity contribution in [1.29, 1.82) is 0 Å². The van der Waals surface area contributed by atoms with Crippen LogP contribution < -0.4 is 9.46 Å². The Kier molecular flexibility index (Phi) is 5.33. The second kappa shape index (κ2) is 6.36. The molecule has 0 saturated heterocycles. The van der Waals surface area contributed by atoms with Crippen molar-refractivity contribution in [2.24, 2.45) is 0 Å². The Morgan fingerprint density at radius 2 is 2.16 bits per heavy atom. The first-order valence-corrected chi connectivity index (χ1v) is 7.68. The van der Waals surface area contributed by atoms with Gasteiger partial charge in [-0.25, -0.2) is 8.42 Å². The van der Waals surface area contributed by atoms with E-state index in [9.17, 15) is 13.2 Å². The third-order valence-electron chi connectivity index (χ3n) is 2.44. The topological polar surface area (TPSA) is 92.7 Å². The molecular weight excluding hydrogens is 338 g/mol. The summed E-state index contributed by atoms with van der Waals surface area (Å²) in [6.07, 6.45) is 0.159. The fourth-order valence-corrected chi connectivity index (χ4v) is 3.37. The number of carboxylic acids is 1. The molecule has 0 bridgehead atoms. The first-order chi connectivity index (χ1) is 8.81. The summed E-state index contributed by atoms with van der Waals surface area (Å²) in [4.78, 5) is 10.8. The zero-order chi connectivity index (χ0) is 14.6. The van der Waals surface area contributed by atoms with Gasteiger partial charge in [0.15, 0.2) is 0 Å². The Bertz CT molecular complexity index is 572. The maximum absolute atomic E-state index is 12.0. The first-order valence-electron chi connectivity index (χ1n) is 5.40. The van der Waals surface area contributed by atoms with Crippen LogP contribution in [0.15, 0.2) is 27.6 Å². The van der Waals surface area contributed by atoms with Gasteiger partial charge in [-0.2, -0.15) is 4.72 Å². The van der Waals surface area contributed by atoms with Crippen LogP contribution in [-0.2, 0) is 14.8 Å². The molecule has 1 aromatic carbocycles. The minimum absolute atomic E-state index is 0.0279. The lowest BCUT2D eigenvalue weighted by atomic mass is 10.2. The van der Waals surface area contributed by atoms with Crippen LogP contribution in [-0.4, -0.2) is 32.6 Å². The van der Waals surface area contributed by atoms with E-state index in [0.29, 0.717) is 10.2 Å². The van der Waals surface area contributed by atoms with Crippen LogP contribution in [0.2, 0.25) is 0 Å². The van der Waals surface area contributed by atoms with Crippen molar-refractivity contribution in [3.63, 3.8) is 0 Å². The number of benzene rings is 1. The second-order valence-electron chi connectivity index (χ2n) is 3.72. The Labute approximate surface area is 120 Å². The van der Waals surface area contributed by atoms with Crippen LogP contribution in [0.1, 0.15) is 13.3 Å². The largest absolute Gasteiger partial charge is 0.496 e. The highest BCUT2D eigenvalue weighted by Crippen LogP contribution is 2.27. The van der Waals surface area contributed by atoms with E-state index >= 15 is 0 Å². The summed E-state index contributed by atoms with van der Waals surface area (Å²) in [5, 5.41) is 8.86. The number of methoxy groups -OCH3 is 1. The molecule has 0 aliphatic heterocycles. The molecule has 8 heteroatoms. The molecule has 1 rings (SSSR count). The molecule has 1 atom stereocenters. The summed E-state index contributed by atoms with van der Waals surface area (Å²) in [6.45, 7) is 1.59. The summed E-state index contributed by atoms with van der Waals surface area (Å²) >= 11 is 3.18. The lowest BCUT2D eigenvalue weighted by Crippen LogP contribution is -2.40. The predicted molar refractivity (Wildman–Crippen MR) is 72.7 cm³/mol. The number of hydrogen-bond donors (Lipinski definition) is 2. The van der Waals surface area contributed by atoms with E-state index in [1.807, 2.05) is 0 Å². The summed E-state index contributed by atoms with van der Waals surface area (Å²) in [7, 11) is -2.42. The lowest BCUT2D eigenvalue weighted by molar-refractivity contribution is -0.139. The fourth-order valence-electron chi connectivity index (χ4n) is 1.38. The van der Waals surface area contributed by atoms with Crippen LogP contribution in [0, 0.1) is 0 Å². The summed E-state index contributed by atoms with van der Waals surface area (Å²) < 4.78 is 31.6. The highest BCUT2D eigenvalue weighted by molar-refractivity contribution is 9.10. The van der Waals surface area contributed by atoms with E-state index in [1.165, 1.54) is 25.3 Å². The zero-order valence-electron chi connectivity index (χ0n) is 10.4. The summed E-state index contributed by atoms with van der Waals surface area (Å²) in [6, 6.07) is 3.04. The van der Waals surface area contributed by atoms with Gasteiger partial charge in [0.05, 0.1) is 16.5 Å². The number of sulfonamides is 1. The molecular formula is C11H14BrNO5S. The standard InChI is InChI=1S/C11H14BrNO5S/c1-3-9(11(14)15)13-19(16,17)7-4-5-10(18-2)8(12)6-7/h4-6,9,13H,3H2,1-2H3,(H,14,15). The van der Waals surface area contributed by atoms with E-state index in [-0.39, 0.29) is 11.3 Å². The molecule has 0 fully saturated rings. The van der Waals surface area contributed by atoms with E-state index in [4.69, 9.17) is 9.84 Å². The summed E-state index contributed by atoms with van der Waals surface area (Å²) in [5.41, 5.74) is 0. The smallest absolute Gasteiger partial charge is 0.321 e. The zero-order valence-corrected chi connectivity index (χ0v) is 12.8. The van der Waals surface area contributed by atoms with Crippen LogP contribution in [0.4, 0.5) is 0 Å². The molecule has 0 radical (unpaired) electrons. The highest BCUT2D eigenvalue weighted by atomic mass is 79.9. The van der Waals surface area contributed by atoms with E-state index < -0.39 is 22.0 Å². The molecule has 0 heterocycles. The average Bonchev–Trinajstić information content (AvgIpc) is 2.35. The molecule has 0 aliphatic carbocycles. The average molecular weight is 352 g/mol. The van der Waals surface area contributed by atoms with Gasteiger partial charge in [-0.3, -0.25) is 4.79 Å². The van der Waals surface area contributed by atoms with Crippen LogP contribution in [0.3, 0.4) is 0 Å². The molecule has 0 aromatic heterocycles. The molecule has 0 amide bonds. The van der Waals surface area contributed by atoms with Gasteiger partial charge in [0.25, 0.3) is 0 Å². The van der Waals surface area contributed by atoms with Gasteiger partial charge in [0.2, 0.25) is 10.0 Å². The van der Waals surface area contributed by atoms with E-state index in [2.05, 4.69) is 20.7 Å². The van der Waals surface area contributed by atoms with E-state index in [1.54, 1.807) is 6.92 Å². The highest BCUT2D eigenvalue weighted by Gasteiger charge is 2.24. The molecule has 1 unspecified atom stereocenters. The van der Waals surface area contributed by atoms with Crippen LogP contribution in [0.25, 0.3) is 0 Å². The molecule has 6 nitrogen and oxygen atoms in total. The molecule has 0 spiro atoms. The number of carbonyl (C=O) groups is 1. The molecule has 1 aromatic rings. The number of hydrogen-bond acceptors (Lipinski definition) is 4. The van der Waals surface area contributed by atoms with Crippen molar-refractivity contribution < 1.29 is 23.1 Å². The normalized spacial score (nSPS) is 13.0. The Morgan fingerprint density at radius 1 is 1.53 bits per heavy atom. The van der Waals surface area contributed by atoms with Gasteiger partial charge in [-0.05, 0) is 40.5 Å². The van der Waals surface area contributed by atoms with Gasteiger partial charge >= 0.3 is 5.97 Å². The van der Waals surface area contributed by atoms with Crippen LogP contribution in [0.5, 0.6) is 5.75 Å². The van der Waals surface area contributed by atoms with Gasteiger partial charge in [0.1, 0.15) is 11.8 Å². The third-order valence-corrected chi connectivity index (χ3v) is 4.53. The number of nitrogens with one attached hydrogen (secondary N) is 1. The van der Waals surface area contributed by atoms with Crippen molar-refractivity contribution in [3.8, 4) is 5.75 Å². The Morgan fingerprint density at radius 3 is 2.58 bits per heavy atom. The van der Waals surface area contributed by atoms with Crippen molar-refractivity contribution in [3.05, 3.63) is 22.7 Å². The first kappa shape index (κ1) is 15.9. The number of rotatable bonds is 6. The maximum Gasteiger partial charge on any atom is 0.321 e. The van der Waals surface area contributed by atoms with Crippen molar-refractivity contribution in [2.45, 2.75) is 24.3 Å². The van der Waals surface area contributed by atoms with Crippen molar-refractivity contribution in [2.75, 3.05) is 7.11 Å². The minimum atomic E-state index is -3.88. The van der Waals surface area contributed by atoms with Crippen molar-refractivity contribution >= 4 is 31.9 Å². The molecule has 0 aliphatic rings. The van der Waals surface area contributed by atoms with E-state index in [0.717, 1.165) is 0 Å². The summed E-state index contributed by atoms with van der Waals surface area (Å²) in [5.74, 6) is -0.720. The Balaban J connectivity index is 3.07. The lowest BCUT2D eigenvalue weighted by Gasteiger charge is -2.13. The third kappa shape index (κ3) is 3.92. The molecule has 106 valence electrons. The number of carboxylic acid groups (broad SMARTS) is 1. The number of halogens is 1. The molecule has 2 N–H and O–H groups in total. The molecule has 0 saturated carbocycles. The maximum atomic E-state index is 12.0. The van der Waals surface area contributed by atoms with Gasteiger partial charge in [-0.15, -0.1) is 0 Å². The number of aliphatic carboxylic acids is 1. The predicted octanol–water partition coefficient (Wildman–Crippen LogP) is 1.60. The van der Waals surface area contributed by atoms with Gasteiger partial charge in [-0.1, -0.05) is 6.92 Å². The SMILES string of the molecule is CCC(NS(=O)(=O)c1ccc(OC)c(Br)c1)C(=O)O. The van der Waals surface area contributed by atoms with Gasteiger partial charge in [0, 0.05) is 0 Å².